The molecule has 0 bridgehead atoms. The number of nitrogens with zero attached hydrogens (tertiary/aromatic N) is 1. The fourth-order valence-corrected chi connectivity index (χ4v) is 5.90. The van der Waals surface area contributed by atoms with E-state index in [1.54, 1.807) is 30.3 Å². The van der Waals surface area contributed by atoms with Gasteiger partial charge < -0.3 is 10.3 Å². The van der Waals surface area contributed by atoms with Gasteiger partial charge in [-0.15, -0.1) is 0 Å². The summed E-state index contributed by atoms with van der Waals surface area (Å²) < 4.78 is 27.6. The van der Waals surface area contributed by atoms with Crippen molar-refractivity contribution in [1.82, 2.24) is 14.6 Å². The van der Waals surface area contributed by atoms with Crippen LogP contribution in [0.25, 0.3) is 10.9 Å². The predicted molar refractivity (Wildman–Crippen MR) is 118 cm³/mol. The van der Waals surface area contributed by atoms with Crippen molar-refractivity contribution in [1.29, 1.82) is 0 Å². The van der Waals surface area contributed by atoms with E-state index >= 15 is 0 Å². The molecule has 3 aromatic rings. The number of nitrogens with one attached hydrogen (secondary N) is 2. The van der Waals surface area contributed by atoms with Gasteiger partial charge in [-0.2, -0.15) is 4.31 Å². The molecular formula is C23H27N3O3S. The Balaban J connectivity index is 1.36. The molecule has 1 saturated heterocycles. The van der Waals surface area contributed by atoms with Gasteiger partial charge in [-0.25, -0.2) is 8.42 Å². The van der Waals surface area contributed by atoms with Crippen LogP contribution in [0.5, 0.6) is 0 Å². The molecule has 6 nitrogen and oxygen atoms in total. The molecule has 4 rings (SSSR count). The van der Waals surface area contributed by atoms with Gasteiger partial charge >= 0.3 is 0 Å². The fourth-order valence-electron chi connectivity index (χ4n) is 4.18. The van der Waals surface area contributed by atoms with Crippen LogP contribution < -0.4 is 5.32 Å². The molecule has 1 fully saturated rings. The molecule has 1 atom stereocenters. The van der Waals surface area contributed by atoms with Crippen LogP contribution in [0.3, 0.4) is 0 Å². The summed E-state index contributed by atoms with van der Waals surface area (Å²) in [4.78, 5) is 16.1. The molecule has 1 aliphatic heterocycles. The molecule has 1 amide bonds. The van der Waals surface area contributed by atoms with Gasteiger partial charge in [0.25, 0.3) is 0 Å². The van der Waals surface area contributed by atoms with E-state index in [1.165, 1.54) is 9.69 Å². The van der Waals surface area contributed by atoms with Crippen molar-refractivity contribution in [3.05, 3.63) is 66.4 Å². The zero-order valence-electron chi connectivity index (χ0n) is 16.9. The summed E-state index contributed by atoms with van der Waals surface area (Å²) in [6.45, 7) is 0.989. The zero-order valence-corrected chi connectivity index (χ0v) is 17.7. The number of aromatic amines is 1. The SMILES string of the molecule is O=C(C[C@H]1CCCCN1S(=O)(=O)c1ccccc1)NCCc1c[nH]c2ccccc12. The van der Waals surface area contributed by atoms with Crippen LogP contribution in [0.4, 0.5) is 0 Å². The number of aromatic nitrogens is 1. The first-order valence-corrected chi connectivity index (χ1v) is 11.9. The summed E-state index contributed by atoms with van der Waals surface area (Å²) in [5.74, 6) is -0.102. The molecule has 158 valence electrons. The highest BCUT2D eigenvalue weighted by molar-refractivity contribution is 7.89. The van der Waals surface area contributed by atoms with E-state index < -0.39 is 10.0 Å². The van der Waals surface area contributed by atoms with Crippen LogP contribution in [0.15, 0.2) is 65.7 Å². The Morgan fingerprint density at radius 3 is 2.67 bits per heavy atom. The number of amides is 1. The van der Waals surface area contributed by atoms with E-state index in [0.717, 1.165) is 30.3 Å². The Morgan fingerprint density at radius 1 is 1.07 bits per heavy atom. The van der Waals surface area contributed by atoms with Crippen molar-refractivity contribution in [2.75, 3.05) is 13.1 Å². The van der Waals surface area contributed by atoms with Crippen LogP contribution in [0.2, 0.25) is 0 Å². The average molecular weight is 426 g/mol. The summed E-state index contributed by atoms with van der Waals surface area (Å²) in [5.41, 5.74) is 2.25. The zero-order chi connectivity index (χ0) is 21.0. The van der Waals surface area contributed by atoms with Gasteiger partial charge in [0.15, 0.2) is 0 Å². The number of hydrogen-bond acceptors (Lipinski definition) is 3. The molecule has 2 N–H and O–H groups in total. The minimum absolute atomic E-state index is 0.102. The molecule has 0 radical (unpaired) electrons. The van der Waals surface area contributed by atoms with Gasteiger partial charge in [0.2, 0.25) is 15.9 Å². The Morgan fingerprint density at radius 2 is 1.83 bits per heavy atom. The lowest BCUT2D eigenvalue weighted by atomic mass is 10.0. The smallest absolute Gasteiger partial charge is 0.243 e. The summed E-state index contributed by atoms with van der Waals surface area (Å²) in [5, 5.41) is 4.14. The van der Waals surface area contributed by atoms with Crippen LogP contribution >= 0.6 is 0 Å². The van der Waals surface area contributed by atoms with Crippen molar-refractivity contribution < 1.29 is 13.2 Å². The van der Waals surface area contributed by atoms with Crippen molar-refractivity contribution in [2.45, 2.75) is 43.0 Å². The topological polar surface area (TPSA) is 82.3 Å². The van der Waals surface area contributed by atoms with Gasteiger partial charge in [-0.05, 0) is 43.0 Å². The van der Waals surface area contributed by atoms with E-state index in [4.69, 9.17) is 0 Å². The molecule has 2 heterocycles. The van der Waals surface area contributed by atoms with Gasteiger partial charge in [-0.3, -0.25) is 4.79 Å². The molecule has 0 unspecified atom stereocenters. The summed E-state index contributed by atoms with van der Waals surface area (Å²) in [7, 11) is -3.59. The summed E-state index contributed by atoms with van der Waals surface area (Å²) in [6.07, 6.45) is 5.37. The number of para-hydroxylation sites is 1. The number of fused-ring (bicyclic) bond motifs is 1. The quantitative estimate of drug-likeness (QED) is 0.608. The standard InChI is InChI=1S/C23H27N3O3S/c27-23(24-14-13-18-17-25-22-12-5-4-11-21(18)22)16-19-8-6-7-15-26(19)30(28,29)20-9-2-1-3-10-20/h1-5,9-12,17,19,25H,6-8,13-16H2,(H,24,27)/t19-/m1/s1. The van der Waals surface area contributed by atoms with E-state index in [0.29, 0.717) is 19.5 Å². The van der Waals surface area contributed by atoms with Crippen molar-refractivity contribution >= 4 is 26.8 Å². The second-order valence-electron chi connectivity index (χ2n) is 7.74. The third-order valence-corrected chi connectivity index (χ3v) is 7.70. The lowest BCUT2D eigenvalue weighted by molar-refractivity contribution is -0.122. The molecule has 0 aliphatic carbocycles. The summed E-state index contributed by atoms with van der Waals surface area (Å²) >= 11 is 0. The lowest BCUT2D eigenvalue weighted by Gasteiger charge is -2.34. The highest BCUT2D eigenvalue weighted by Crippen LogP contribution is 2.27. The number of sulfonamides is 1. The molecule has 30 heavy (non-hydrogen) atoms. The van der Waals surface area contributed by atoms with Crippen LogP contribution in [0.1, 0.15) is 31.2 Å². The summed E-state index contributed by atoms with van der Waals surface area (Å²) in [6, 6.07) is 16.3. The maximum Gasteiger partial charge on any atom is 0.243 e. The van der Waals surface area contributed by atoms with E-state index in [1.807, 2.05) is 24.4 Å². The first-order valence-electron chi connectivity index (χ1n) is 10.4. The normalized spacial score (nSPS) is 17.8. The third kappa shape index (κ3) is 4.42. The lowest BCUT2D eigenvalue weighted by Crippen LogP contribution is -2.46. The minimum atomic E-state index is -3.59. The van der Waals surface area contributed by atoms with Crippen LogP contribution in [-0.4, -0.2) is 42.7 Å². The number of rotatable bonds is 7. The largest absolute Gasteiger partial charge is 0.361 e. The maximum absolute atomic E-state index is 13.1. The maximum atomic E-state index is 13.1. The van der Waals surface area contributed by atoms with Gasteiger partial charge in [0.1, 0.15) is 0 Å². The van der Waals surface area contributed by atoms with Gasteiger partial charge in [0, 0.05) is 42.7 Å². The fraction of sp³-hybridized carbons (Fsp3) is 0.348. The first kappa shape index (κ1) is 20.6. The van der Waals surface area contributed by atoms with E-state index in [9.17, 15) is 13.2 Å². The number of benzene rings is 2. The van der Waals surface area contributed by atoms with Gasteiger partial charge in [0.05, 0.1) is 4.90 Å². The predicted octanol–water partition coefficient (Wildman–Crippen LogP) is 3.46. The highest BCUT2D eigenvalue weighted by Gasteiger charge is 2.34. The molecular weight excluding hydrogens is 398 g/mol. The second-order valence-corrected chi connectivity index (χ2v) is 9.63. The first-order chi connectivity index (χ1) is 14.6. The Kier molecular flexibility index (Phi) is 6.20. The van der Waals surface area contributed by atoms with Crippen molar-refractivity contribution in [3.63, 3.8) is 0 Å². The molecule has 0 saturated carbocycles. The third-order valence-electron chi connectivity index (χ3n) is 5.74. The second kappa shape index (κ2) is 9.02. The molecule has 1 aromatic heterocycles. The number of carbonyl (C=O) groups is 1. The Bertz CT molecular complexity index is 1110. The Labute approximate surface area is 177 Å². The van der Waals surface area contributed by atoms with E-state index in [2.05, 4.69) is 16.4 Å². The van der Waals surface area contributed by atoms with Crippen molar-refractivity contribution in [3.8, 4) is 0 Å². The highest BCUT2D eigenvalue weighted by atomic mass is 32.2. The van der Waals surface area contributed by atoms with E-state index in [-0.39, 0.29) is 23.3 Å². The monoisotopic (exact) mass is 425 g/mol. The average Bonchev–Trinajstić information content (AvgIpc) is 3.18. The number of carbonyl (C=O) groups excluding carboxylic acids is 1. The Hall–Kier alpha value is -2.64. The number of hydrogen-bond donors (Lipinski definition) is 2. The van der Waals surface area contributed by atoms with Crippen molar-refractivity contribution in [2.24, 2.45) is 0 Å². The number of piperidine rings is 1. The molecule has 2 aromatic carbocycles. The van der Waals surface area contributed by atoms with Crippen LogP contribution in [0, 0.1) is 0 Å². The van der Waals surface area contributed by atoms with Gasteiger partial charge in [-0.1, -0.05) is 42.8 Å². The molecule has 0 spiro atoms. The number of H-pyrrole nitrogens is 1. The van der Waals surface area contributed by atoms with Crippen LogP contribution in [-0.2, 0) is 21.2 Å². The molecule has 1 aliphatic rings. The minimum Gasteiger partial charge on any atom is -0.361 e. The molecule has 7 heteroatoms.